The average Bonchev–Trinajstić information content (AvgIpc) is 1.99. The van der Waals surface area contributed by atoms with Gasteiger partial charge in [-0.05, 0) is 11.8 Å². The molecular formula is C11H20O2. The summed E-state index contributed by atoms with van der Waals surface area (Å²) in [6, 6.07) is 0. The molecule has 0 saturated heterocycles. The van der Waals surface area contributed by atoms with Gasteiger partial charge in [0.25, 0.3) is 0 Å². The molecule has 76 valence electrons. The van der Waals surface area contributed by atoms with Gasteiger partial charge in [0, 0.05) is 0 Å². The van der Waals surface area contributed by atoms with Gasteiger partial charge in [0.05, 0.1) is 5.92 Å². The minimum atomic E-state index is -0.107. The summed E-state index contributed by atoms with van der Waals surface area (Å²) in [6.07, 6.45) is 1.59. The summed E-state index contributed by atoms with van der Waals surface area (Å²) < 4.78 is 5.02. The maximum absolute atomic E-state index is 11.5. The van der Waals surface area contributed by atoms with Gasteiger partial charge in [0.15, 0.2) is 0 Å². The Balaban J connectivity index is 4.20. The van der Waals surface area contributed by atoms with Gasteiger partial charge in [-0.2, -0.15) is 0 Å². The molecule has 0 rings (SSSR count). The highest BCUT2D eigenvalue weighted by Crippen LogP contribution is 2.21. The van der Waals surface area contributed by atoms with Crippen LogP contribution in [0.3, 0.4) is 0 Å². The van der Waals surface area contributed by atoms with E-state index in [4.69, 9.17) is 4.74 Å². The lowest BCUT2D eigenvalue weighted by molar-refractivity contribution is -0.150. The van der Waals surface area contributed by atoms with E-state index in [1.807, 2.05) is 27.7 Å². The third-order valence-corrected chi connectivity index (χ3v) is 2.05. The zero-order chi connectivity index (χ0) is 10.4. The normalized spacial score (nSPS) is 11.0. The van der Waals surface area contributed by atoms with Crippen molar-refractivity contribution in [3.63, 3.8) is 0 Å². The lowest BCUT2D eigenvalue weighted by atomic mass is 9.86. The maximum Gasteiger partial charge on any atom is 0.309 e. The molecule has 0 unspecified atom stereocenters. The van der Waals surface area contributed by atoms with Gasteiger partial charge >= 0.3 is 5.97 Å². The predicted molar refractivity (Wildman–Crippen MR) is 54.3 cm³/mol. The number of ether oxygens (including phenoxy) is 1. The largest absolute Gasteiger partial charge is 0.461 e. The minimum absolute atomic E-state index is 0.0000463. The Morgan fingerprint density at radius 2 is 1.77 bits per heavy atom. The molecule has 0 atom stereocenters. The molecule has 0 aromatic carbocycles. The van der Waals surface area contributed by atoms with Gasteiger partial charge in [-0.1, -0.05) is 40.3 Å². The van der Waals surface area contributed by atoms with Crippen LogP contribution in [0.4, 0.5) is 0 Å². The third-order valence-electron chi connectivity index (χ3n) is 2.05. The average molecular weight is 184 g/mol. The van der Waals surface area contributed by atoms with Crippen LogP contribution in [0.5, 0.6) is 0 Å². The van der Waals surface area contributed by atoms with E-state index in [1.165, 1.54) is 0 Å². The summed E-state index contributed by atoms with van der Waals surface area (Å²) in [6.45, 7) is 12.0. The van der Waals surface area contributed by atoms with Gasteiger partial charge in [-0.15, -0.1) is 0 Å². The van der Waals surface area contributed by atoms with E-state index in [0.717, 1.165) is 0 Å². The van der Waals surface area contributed by atoms with E-state index in [9.17, 15) is 4.79 Å². The highest BCUT2D eigenvalue weighted by atomic mass is 16.5. The van der Waals surface area contributed by atoms with Gasteiger partial charge in [-0.25, -0.2) is 0 Å². The predicted octanol–water partition coefficient (Wildman–Crippen LogP) is 2.64. The number of esters is 1. The molecular weight excluding hydrogens is 164 g/mol. The van der Waals surface area contributed by atoms with Crippen molar-refractivity contribution in [2.45, 2.75) is 27.7 Å². The first-order valence-corrected chi connectivity index (χ1v) is 4.78. The zero-order valence-electron chi connectivity index (χ0n) is 9.04. The van der Waals surface area contributed by atoms with Crippen LogP contribution in [0.25, 0.3) is 0 Å². The molecule has 0 heterocycles. The van der Waals surface area contributed by atoms with Crippen molar-refractivity contribution in [2.24, 2.45) is 17.8 Å². The van der Waals surface area contributed by atoms with Crippen LogP contribution in [0.2, 0.25) is 0 Å². The van der Waals surface area contributed by atoms with E-state index in [0.29, 0.717) is 18.4 Å². The molecule has 0 aromatic heterocycles. The molecule has 2 nitrogen and oxygen atoms in total. The summed E-state index contributed by atoms with van der Waals surface area (Å²) in [5.74, 6) is 0.555. The number of carbonyl (C=O) groups excluding carboxylic acids is 1. The fraction of sp³-hybridized carbons (Fsp3) is 0.727. The standard InChI is InChI=1S/C11H20O2/c1-6-7-13-11(12)10(8(2)3)9(4)5/h6,8-10H,1,7H2,2-5H3. The molecule has 0 fully saturated rings. The first-order valence-electron chi connectivity index (χ1n) is 4.78. The van der Waals surface area contributed by atoms with Crippen molar-refractivity contribution in [1.29, 1.82) is 0 Å². The number of hydrogen-bond donors (Lipinski definition) is 0. The van der Waals surface area contributed by atoms with E-state index in [-0.39, 0.29) is 11.9 Å². The summed E-state index contributed by atoms with van der Waals surface area (Å²) >= 11 is 0. The Bertz CT molecular complexity index is 163. The van der Waals surface area contributed by atoms with Crippen LogP contribution in [-0.2, 0) is 9.53 Å². The molecule has 0 radical (unpaired) electrons. The van der Waals surface area contributed by atoms with Gasteiger partial charge in [0.1, 0.15) is 6.61 Å². The topological polar surface area (TPSA) is 26.3 Å². The fourth-order valence-electron chi connectivity index (χ4n) is 1.55. The Hall–Kier alpha value is -0.790. The van der Waals surface area contributed by atoms with Crippen molar-refractivity contribution in [3.8, 4) is 0 Å². The van der Waals surface area contributed by atoms with Crippen molar-refractivity contribution >= 4 is 5.97 Å². The van der Waals surface area contributed by atoms with Crippen molar-refractivity contribution in [1.82, 2.24) is 0 Å². The fourth-order valence-corrected chi connectivity index (χ4v) is 1.55. The second kappa shape index (κ2) is 5.79. The SMILES string of the molecule is C=CCOC(=O)C(C(C)C)C(C)C. The lowest BCUT2D eigenvalue weighted by Gasteiger charge is -2.22. The van der Waals surface area contributed by atoms with E-state index >= 15 is 0 Å². The summed E-state index contributed by atoms with van der Waals surface area (Å²) in [5, 5.41) is 0. The third kappa shape index (κ3) is 4.11. The Morgan fingerprint density at radius 3 is 2.08 bits per heavy atom. The quantitative estimate of drug-likeness (QED) is 0.485. The first-order chi connectivity index (χ1) is 6.00. The molecule has 0 spiro atoms. The second-order valence-electron chi connectivity index (χ2n) is 3.93. The first kappa shape index (κ1) is 12.2. The molecule has 0 aliphatic heterocycles. The Kier molecular flexibility index (Phi) is 5.44. The molecule has 0 aromatic rings. The Labute approximate surface area is 81.0 Å². The van der Waals surface area contributed by atoms with Crippen LogP contribution in [-0.4, -0.2) is 12.6 Å². The van der Waals surface area contributed by atoms with Crippen molar-refractivity contribution in [2.75, 3.05) is 6.61 Å². The molecule has 13 heavy (non-hydrogen) atoms. The van der Waals surface area contributed by atoms with E-state index in [2.05, 4.69) is 6.58 Å². The maximum atomic E-state index is 11.5. The van der Waals surface area contributed by atoms with E-state index < -0.39 is 0 Å². The zero-order valence-corrected chi connectivity index (χ0v) is 9.04. The smallest absolute Gasteiger partial charge is 0.309 e. The molecule has 0 amide bonds. The molecule has 0 N–H and O–H groups in total. The van der Waals surface area contributed by atoms with Gasteiger partial charge in [-0.3, -0.25) is 4.79 Å². The highest BCUT2D eigenvalue weighted by Gasteiger charge is 2.26. The molecule has 2 heteroatoms. The van der Waals surface area contributed by atoms with Gasteiger partial charge in [0.2, 0.25) is 0 Å². The second-order valence-corrected chi connectivity index (χ2v) is 3.93. The van der Waals surface area contributed by atoms with Crippen LogP contribution in [0.15, 0.2) is 12.7 Å². The number of rotatable bonds is 5. The van der Waals surface area contributed by atoms with Crippen LogP contribution < -0.4 is 0 Å². The van der Waals surface area contributed by atoms with Crippen molar-refractivity contribution < 1.29 is 9.53 Å². The number of hydrogen-bond acceptors (Lipinski definition) is 2. The summed E-state index contributed by atoms with van der Waals surface area (Å²) in [7, 11) is 0. The van der Waals surface area contributed by atoms with Crippen molar-refractivity contribution in [3.05, 3.63) is 12.7 Å². The highest BCUT2D eigenvalue weighted by molar-refractivity contribution is 5.73. The summed E-state index contributed by atoms with van der Waals surface area (Å²) in [4.78, 5) is 11.5. The van der Waals surface area contributed by atoms with Crippen LogP contribution in [0.1, 0.15) is 27.7 Å². The monoisotopic (exact) mass is 184 g/mol. The van der Waals surface area contributed by atoms with Crippen LogP contribution >= 0.6 is 0 Å². The number of carbonyl (C=O) groups is 1. The molecule has 0 saturated carbocycles. The van der Waals surface area contributed by atoms with Crippen LogP contribution in [0, 0.1) is 17.8 Å². The lowest BCUT2D eigenvalue weighted by Crippen LogP contribution is -2.27. The molecule has 0 bridgehead atoms. The van der Waals surface area contributed by atoms with Gasteiger partial charge < -0.3 is 4.74 Å². The molecule has 0 aliphatic carbocycles. The van der Waals surface area contributed by atoms with E-state index in [1.54, 1.807) is 6.08 Å². The minimum Gasteiger partial charge on any atom is -0.461 e. The molecule has 0 aliphatic rings. The Morgan fingerprint density at radius 1 is 1.31 bits per heavy atom. The summed E-state index contributed by atoms with van der Waals surface area (Å²) in [5.41, 5.74) is 0.